The molecule has 0 aliphatic carbocycles. The maximum atomic E-state index is 13.7. The molecule has 0 radical (unpaired) electrons. The lowest BCUT2D eigenvalue weighted by Crippen LogP contribution is -2.47. The summed E-state index contributed by atoms with van der Waals surface area (Å²) in [7, 11) is 2.03. The van der Waals surface area contributed by atoms with Gasteiger partial charge in [-0.05, 0) is 43.3 Å². The van der Waals surface area contributed by atoms with Crippen molar-refractivity contribution >= 4 is 17.2 Å². The van der Waals surface area contributed by atoms with E-state index >= 15 is 0 Å². The highest BCUT2D eigenvalue weighted by Gasteiger charge is 2.34. The third kappa shape index (κ3) is 7.07. The Morgan fingerprint density at radius 2 is 1.89 bits per heavy atom. The zero-order valence-electron chi connectivity index (χ0n) is 21.1. The number of halogens is 3. The van der Waals surface area contributed by atoms with Crippen LogP contribution in [0.4, 0.5) is 13.2 Å². The molecule has 3 aromatic rings. The highest BCUT2D eigenvalue weighted by Crippen LogP contribution is 2.37. The minimum atomic E-state index is -4.50. The fraction of sp³-hybridized carbons (Fsp3) is 0.444. The molecule has 0 spiro atoms. The topological polar surface area (TPSA) is 58.6 Å². The van der Waals surface area contributed by atoms with Crippen molar-refractivity contribution in [3.63, 3.8) is 0 Å². The standard InChI is InChI=1S/C27H31F3N4O2S/c1-3-4-5-14-36-24-9-6-19(15-21(24)27(28,29)30)16-25-32-23(18-37-25)20-7-8-22(31-17-20)26(35)34-12-10-33(2)11-13-34/h6-9,15,17-18H,3-5,10-14,16H2,1-2H3. The van der Waals surface area contributed by atoms with Gasteiger partial charge in [0.1, 0.15) is 11.4 Å². The van der Waals surface area contributed by atoms with Crippen LogP contribution in [0.25, 0.3) is 11.3 Å². The summed E-state index contributed by atoms with van der Waals surface area (Å²) in [6.45, 7) is 5.32. The van der Waals surface area contributed by atoms with Gasteiger partial charge < -0.3 is 14.5 Å². The Kier molecular flexibility index (Phi) is 8.81. The van der Waals surface area contributed by atoms with E-state index in [2.05, 4.69) is 14.9 Å². The molecule has 1 aliphatic heterocycles. The number of benzene rings is 1. The summed E-state index contributed by atoms with van der Waals surface area (Å²) in [5.41, 5.74) is 1.58. The van der Waals surface area contributed by atoms with Gasteiger partial charge in [0.05, 0.1) is 22.9 Å². The van der Waals surface area contributed by atoms with Gasteiger partial charge in [0.2, 0.25) is 0 Å². The predicted molar refractivity (Wildman–Crippen MR) is 138 cm³/mol. The molecule has 0 bridgehead atoms. The van der Waals surface area contributed by atoms with Crippen molar-refractivity contribution in [1.29, 1.82) is 0 Å². The van der Waals surface area contributed by atoms with Crippen LogP contribution in [0.15, 0.2) is 41.9 Å². The van der Waals surface area contributed by atoms with Crippen molar-refractivity contribution in [2.24, 2.45) is 0 Å². The molecule has 0 saturated carbocycles. The van der Waals surface area contributed by atoms with E-state index in [1.54, 1.807) is 23.2 Å². The number of likely N-dealkylation sites (N-methyl/N-ethyl adjacent to an activating group) is 1. The summed E-state index contributed by atoms with van der Waals surface area (Å²) in [6, 6.07) is 7.71. The molecule has 4 rings (SSSR count). The monoisotopic (exact) mass is 532 g/mol. The van der Waals surface area contributed by atoms with E-state index in [0.29, 0.717) is 35.0 Å². The Labute approximate surface area is 219 Å². The molecule has 10 heteroatoms. The Morgan fingerprint density at radius 1 is 1.11 bits per heavy atom. The summed E-state index contributed by atoms with van der Waals surface area (Å²) in [5, 5.41) is 2.54. The molecular weight excluding hydrogens is 501 g/mol. The second-order valence-electron chi connectivity index (χ2n) is 9.21. The molecule has 6 nitrogen and oxygen atoms in total. The molecule has 1 saturated heterocycles. The van der Waals surface area contributed by atoms with Gasteiger partial charge in [-0.1, -0.05) is 25.8 Å². The normalized spacial score (nSPS) is 14.7. The molecule has 37 heavy (non-hydrogen) atoms. The molecule has 3 heterocycles. The molecule has 1 amide bonds. The number of aromatic nitrogens is 2. The van der Waals surface area contributed by atoms with E-state index in [4.69, 9.17) is 4.74 Å². The fourth-order valence-electron chi connectivity index (χ4n) is 4.11. The first-order valence-corrected chi connectivity index (χ1v) is 13.3. The van der Waals surface area contributed by atoms with Crippen LogP contribution in [-0.2, 0) is 12.6 Å². The number of nitrogens with zero attached hydrogens (tertiary/aromatic N) is 4. The fourth-order valence-corrected chi connectivity index (χ4v) is 4.95. The Morgan fingerprint density at radius 3 is 2.57 bits per heavy atom. The van der Waals surface area contributed by atoms with E-state index in [0.717, 1.165) is 44.0 Å². The van der Waals surface area contributed by atoms with Crippen LogP contribution in [0.2, 0.25) is 0 Å². The van der Waals surface area contributed by atoms with E-state index in [9.17, 15) is 18.0 Å². The van der Waals surface area contributed by atoms with Crippen LogP contribution in [0.5, 0.6) is 5.75 Å². The van der Waals surface area contributed by atoms with Gasteiger partial charge in [0, 0.05) is 49.7 Å². The number of pyridine rings is 1. The van der Waals surface area contributed by atoms with Crippen molar-refractivity contribution in [3.05, 3.63) is 63.7 Å². The van der Waals surface area contributed by atoms with Gasteiger partial charge in [-0.15, -0.1) is 11.3 Å². The minimum Gasteiger partial charge on any atom is -0.493 e. The molecule has 1 aromatic carbocycles. The first-order valence-electron chi connectivity index (χ1n) is 12.5. The molecule has 1 fully saturated rings. The van der Waals surface area contributed by atoms with Crippen LogP contribution in [0.3, 0.4) is 0 Å². The summed E-state index contributed by atoms with van der Waals surface area (Å²) in [4.78, 5) is 25.6. The Hall–Kier alpha value is -2.98. The highest BCUT2D eigenvalue weighted by molar-refractivity contribution is 7.10. The first-order chi connectivity index (χ1) is 17.7. The number of amides is 1. The second-order valence-corrected chi connectivity index (χ2v) is 10.2. The number of hydrogen-bond donors (Lipinski definition) is 0. The quantitative estimate of drug-likeness (QED) is 0.328. The summed E-state index contributed by atoms with van der Waals surface area (Å²) in [5.74, 6) is -0.221. The average Bonchev–Trinajstić information content (AvgIpc) is 3.35. The molecule has 1 aliphatic rings. The molecular formula is C27H31F3N4O2S. The zero-order valence-corrected chi connectivity index (χ0v) is 21.9. The highest BCUT2D eigenvalue weighted by atomic mass is 32.1. The number of unbranched alkanes of at least 4 members (excludes halogenated alkanes) is 2. The second kappa shape index (κ2) is 12.0. The lowest BCUT2D eigenvalue weighted by Gasteiger charge is -2.32. The van der Waals surface area contributed by atoms with Crippen molar-refractivity contribution in [2.45, 2.75) is 38.8 Å². The van der Waals surface area contributed by atoms with Gasteiger partial charge in [-0.25, -0.2) is 4.98 Å². The molecule has 0 N–H and O–H groups in total. The lowest BCUT2D eigenvalue weighted by molar-refractivity contribution is -0.139. The zero-order chi connectivity index (χ0) is 26.4. The van der Waals surface area contributed by atoms with E-state index in [-0.39, 0.29) is 24.7 Å². The van der Waals surface area contributed by atoms with Gasteiger partial charge in [-0.2, -0.15) is 13.2 Å². The van der Waals surface area contributed by atoms with Crippen molar-refractivity contribution in [3.8, 4) is 17.0 Å². The number of ether oxygens (including phenoxy) is 1. The van der Waals surface area contributed by atoms with Gasteiger partial charge >= 0.3 is 6.18 Å². The number of alkyl halides is 3. The number of carbonyl (C=O) groups is 1. The average molecular weight is 533 g/mol. The maximum absolute atomic E-state index is 13.7. The smallest absolute Gasteiger partial charge is 0.419 e. The van der Waals surface area contributed by atoms with Gasteiger partial charge in [-0.3, -0.25) is 9.78 Å². The molecule has 2 aromatic heterocycles. The van der Waals surface area contributed by atoms with E-state index < -0.39 is 11.7 Å². The minimum absolute atomic E-state index is 0.0862. The third-order valence-electron chi connectivity index (χ3n) is 6.33. The van der Waals surface area contributed by atoms with E-state index in [1.807, 2.05) is 25.4 Å². The largest absolute Gasteiger partial charge is 0.493 e. The first kappa shape index (κ1) is 27.1. The van der Waals surface area contributed by atoms with E-state index in [1.165, 1.54) is 17.4 Å². The van der Waals surface area contributed by atoms with Crippen molar-refractivity contribution in [2.75, 3.05) is 39.8 Å². The van der Waals surface area contributed by atoms with Crippen LogP contribution >= 0.6 is 11.3 Å². The lowest BCUT2D eigenvalue weighted by atomic mass is 10.1. The Bertz CT molecular complexity index is 1190. The van der Waals surface area contributed by atoms with Crippen LogP contribution in [-0.4, -0.2) is 65.5 Å². The summed E-state index contributed by atoms with van der Waals surface area (Å²) in [6.07, 6.45) is -0.00195. The third-order valence-corrected chi connectivity index (χ3v) is 7.18. The SMILES string of the molecule is CCCCCOc1ccc(Cc2nc(-c3ccc(C(=O)N4CCN(C)CC4)nc3)cs2)cc1C(F)(F)F. The van der Waals surface area contributed by atoms with Gasteiger partial charge in [0.25, 0.3) is 5.91 Å². The van der Waals surface area contributed by atoms with Crippen molar-refractivity contribution in [1.82, 2.24) is 19.8 Å². The van der Waals surface area contributed by atoms with Crippen molar-refractivity contribution < 1.29 is 22.7 Å². The summed E-state index contributed by atoms with van der Waals surface area (Å²) >= 11 is 1.38. The predicted octanol–water partition coefficient (Wildman–Crippen LogP) is 5.77. The number of thiazole rings is 1. The molecule has 0 unspecified atom stereocenters. The number of piperazine rings is 1. The number of hydrogen-bond acceptors (Lipinski definition) is 6. The van der Waals surface area contributed by atoms with Crippen LogP contribution in [0.1, 0.15) is 52.8 Å². The molecule has 198 valence electrons. The Balaban J connectivity index is 1.42. The molecule has 0 atom stereocenters. The van der Waals surface area contributed by atoms with Crippen LogP contribution in [0, 0.1) is 0 Å². The van der Waals surface area contributed by atoms with Gasteiger partial charge in [0.15, 0.2) is 0 Å². The summed E-state index contributed by atoms with van der Waals surface area (Å²) < 4.78 is 46.4. The number of rotatable bonds is 9. The van der Waals surface area contributed by atoms with Crippen LogP contribution < -0.4 is 4.74 Å². The maximum Gasteiger partial charge on any atom is 0.419 e. The number of carbonyl (C=O) groups excluding carboxylic acids is 1.